The third-order valence-corrected chi connectivity index (χ3v) is 7.72. The number of rotatable bonds is 9. The predicted octanol–water partition coefficient (Wildman–Crippen LogP) is 4.78. The van der Waals surface area contributed by atoms with Gasteiger partial charge in [0.15, 0.2) is 16.3 Å². The quantitative estimate of drug-likeness (QED) is 0.263. The van der Waals surface area contributed by atoms with E-state index >= 15 is 0 Å². The molecule has 3 aromatic carbocycles. The molecule has 42 heavy (non-hydrogen) atoms. The molecular weight excluding hydrogens is 552 g/mol. The van der Waals surface area contributed by atoms with Gasteiger partial charge in [0.25, 0.3) is 5.56 Å². The highest BCUT2D eigenvalue weighted by molar-refractivity contribution is 7.07. The first kappa shape index (κ1) is 28.9. The Morgan fingerprint density at radius 3 is 2.40 bits per heavy atom. The van der Waals surface area contributed by atoms with E-state index in [0.717, 1.165) is 16.7 Å². The lowest BCUT2D eigenvalue weighted by Crippen LogP contribution is -2.40. The number of nitrogens with zero attached hydrogens (tertiary/aromatic N) is 2. The number of carbonyl (C=O) groups excluding carboxylic acids is 1. The zero-order valence-corrected chi connectivity index (χ0v) is 24.9. The molecule has 0 amide bonds. The van der Waals surface area contributed by atoms with E-state index in [0.29, 0.717) is 44.5 Å². The molecule has 1 atom stereocenters. The summed E-state index contributed by atoms with van der Waals surface area (Å²) in [5.41, 5.74) is 3.13. The van der Waals surface area contributed by atoms with Crippen LogP contribution in [-0.2, 0) is 16.1 Å². The molecule has 0 radical (unpaired) electrons. The first-order valence-electron chi connectivity index (χ1n) is 13.5. The molecular formula is C33H32N2O6S. The van der Waals surface area contributed by atoms with Crippen molar-refractivity contribution in [3.63, 3.8) is 0 Å². The van der Waals surface area contributed by atoms with Gasteiger partial charge >= 0.3 is 5.97 Å². The number of hydrogen-bond acceptors (Lipinski definition) is 8. The summed E-state index contributed by atoms with van der Waals surface area (Å²) in [6.07, 6.45) is 1.47. The largest absolute Gasteiger partial charge is 0.497 e. The summed E-state index contributed by atoms with van der Waals surface area (Å²) in [5, 5.41) is 0. The van der Waals surface area contributed by atoms with E-state index < -0.39 is 12.0 Å². The molecule has 0 bridgehead atoms. The summed E-state index contributed by atoms with van der Waals surface area (Å²) >= 11 is 1.26. The van der Waals surface area contributed by atoms with Crippen LogP contribution in [0.3, 0.4) is 0 Å². The Labute approximate surface area is 247 Å². The van der Waals surface area contributed by atoms with Crippen LogP contribution in [0.2, 0.25) is 0 Å². The number of ether oxygens (including phenoxy) is 4. The number of aromatic nitrogens is 1. The van der Waals surface area contributed by atoms with E-state index in [-0.39, 0.29) is 11.7 Å². The van der Waals surface area contributed by atoms with E-state index in [4.69, 9.17) is 18.9 Å². The first-order chi connectivity index (χ1) is 20.3. The van der Waals surface area contributed by atoms with Gasteiger partial charge in [-0.15, -0.1) is 0 Å². The molecule has 5 rings (SSSR count). The second kappa shape index (κ2) is 12.5. The van der Waals surface area contributed by atoms with Crippen LogP contribution >= 0.6 is 11.3 Å². The van der Waals surface area contributed by atoms with Gasteiger partial charge < -0.3 is 18.9 Å². The zero-order valence-electron chi connectivity index (χ0n) is 24.1. The number of esters is 1. The van der Waals surface area contributed by atoms with Crippen molar-refractivity contribution in [2.75, 3.05) is 14.2 Å². The Morgan fingerprint density at radius 1 is 1.00 bits per heavy atom. The van der Waals surface area contributed by atoms with E-state index in [1.165, 1.54) is 11.3 Å². The minimum absolute atomic E-state index is 0.259. The van der Waals surface area contributed by atoms with Crippen molar-refractivity contribution in [3.05, 3.63) is 120 Å². The molecule has 4 aromatic rings. The van der Waals surface area contributed by atoms with E-state index in [1.54, 1.807) is 57.8 Å². The van der Waals surface area contributed by atoms with Crippen LogP contribution in [0.4, 0.5) is 0 Å². The highest BCUT2D eigenvalue weighted by Crippen LogP contribution is 2.32. The number of carbonyl (C=O) groups is 1. The van der Waals surface area contributed by atoms with Gasteiger partial charge in [-0.2, -0.15) is 0 Å². The number of benzene rings is 3. The van der Waals surface area contributed by atoms with Crippen molar-refractivity contribution >= 4 is 23.4 Å². The number of allylic oxidation sites excluding steroid dienone is 1. The number of hydrogen-bond donors (Lipinski definition) is 0. The van der Waals surface area contributed by atoms with Crippen LogP contribution in [0, 0.1) is 0 Å². The summed E-state index contributed by atoms with van der Waals surface area (Å²) in [7, 11) is 3.17. The van der Waals surface area contributed by atoms with Crippen molar-refractivity contribution in [1.29, 1.82) is 0 Å². The zero-order chi connectivity index (χ0) is 29.8. The second-order valence-corrected chi connectivity index (χ2v) is 11.0. The highest BCUT2D eigenvalue weighted by Gasteiger charge is 2.33. The van der Waals surface area contributed by atoms with Gasteiger partial charge in [0.05, 0.1) is 42.2 Å². The Kier molecular flexibility index (Phi) is 8.59. The lowest BCUT2D eigenvalue weighted by Gasteiger charge is -2.25. The Hall–Kier alpha value is -4.63. The summed E-state index contributed by atoms with van der Waals surface area (Å²) < 4.78 is 24.5. The van der Waals surface area contributed by atoms with Crippen LogP contribution in [0.5, 0.6) is 17.2 Å². The fraction of sp³-hybridized carbons (Fsp3) is 0.242. The number of thiazole rings is 1. The molecule has 0 fully saturated rings. The van der Waals surface area contributed by atoms with Gasteiger partial charge in [-0.3, -0.25) is 9.36 Å². The maximum Gasteiger partial charge on any atom is 0.338 e. The standard InChI is InChI=1S/C33H32N2O6S/c1-20(2)41-32(37)29-21(3)34-33-35(30(29)24-12-14-25(38-4)15-13-24)31(36)28(42-33)18-23-11-16-26(27(17-23)39-5)40-19-22-9-7-6-8-10-22/h6-18,20,30H,19H2,1-5H3/b28-18+/t30-/m1/s1. The molecule has 8 nitrogen and oxygen atoms in total. The van der Waals surface area contributed by atoms with Crippen LogP contribution in [-0.4, -0.2) is 30.9 Å². The highest BCUT2D eigenvalue weighted by atomic mass is 32.1. The van der Waals surface area contributed by atoms with Crippen molar-refractivity contribution in [2.24, 2.45) is 4.99 Å². The predicted molar refractivity (Wildman–Crippen MR) is 162 cm³/mol. The normalized spacial score (nSPS) is 14.8. The van der Waals surface area contributed by atoms with Gasteiger partial charge in [-0.25, -0.2) is 9.79 Å². The summed E-state index contributed by atoms with van der Waals surface area (Å²) in [4.78, 5) is 32.4. The molecule has 0 saturated carbocycles. The Balaban J connectivity index is 1.55. The fourth-order valence-electron chi connectivity index (χ4n) is 4.74. The molecule has 0 spiro atoms. The van der Waals surface area contributed by atoms with Gasteiger partial charge in [0.1, 0.15) is 12.4 Å². The molecule has 2 heterocycles. The molecule has 216 valence electrons. The van der Waals surface area contributed by atoms with Crippen LogP contribution in [0.15, 0.2) is 93.9 Å². The first-order valence-corrected chi connectivity index (χ1v) is 14.3. The Morgan fingerprint density at radius 2 is 1.74 bits per heavy atom. The SMILES string of the molecule is COc1ccc([C@@H]2C(C(=O)OC(C)C)=C(C)N=c3s/c(=C/c4ccc(OCc5ccccc5)c(OC)c4)c(=O)n32)cc1. The van der Waals surface area contributed by atoms with Crippen LogP contribution in [0.25, 0.3) is 6.08 Å². The van der Waals surface area contributed by atoms with E-state index in [2.05, 4.69) is 4.99 Å². The summed E-state index contributed by atoms with van der Waals surface area (Å²) in [6.45, 7) is 5.75. The average molecular weight is 585 g/mol. The Bertz CT molecular complexity index is 1800. The molecule has 1 aromatic heterocycles. The minimum atomic E-state index is -0.705. The van der Waals surface area contributed by atoms with Gasteiger partial charge in [0.2, 0.25) is 0 Å². The van der Waals surface area contributed by atoms with Crippen molar-refractivity contribution in [1.82, 2.24) is 4.57 Å². The summed E-state index contributed by atoms with van der Waals surface area (Å²) in [6, 6.07) is 22.0. The molecule has 0 aliphatic carbocycles. The number of fused-ring (bicyclic) bond motifs is 1. The molecule has 0 N–H and O–H groups in total. The van der Waals surface area contributed by atoms with Crippen molar-refractivity contribution in [2.45, 2.75) is 39.5 Å². The van der Waals surface area contributed by atoms with Gasteiger partial charge in [-0.05, 0) is 67.8 Å². The lowest BCUT2D eigenvalue weighted by molar-refractivity contribution is -0.143. The smallest absolute Gasteiger partial charge is 0.338 e. The van der Waals surface area contributed by atoms with E-state index in [9.17, 15) is 9.59 Å². The van der Waals surface area contributed by atoms with Gasteiger partial charge in [0, 0.05) is 0 Å². The monoisotopic (exact) mass is 584 g/mol. The minimum Gasteiger partial charge on any atom is -0.497 e. The van der Waals surface area contributed by atoms with Crippen LogP contribution < -0.4 is 29.1 Å². The van der Waals surface area contributed by atoms with Crippen molar-refractivity contribution in [3.8, 4) is 17.2 Å². The fourth-order valence-corrected chi connectivity index (χ4v) is 5.79. The average Bonchev–Trinajstić information content (AvgIpc) is 3.29. The summed E-state index contributed by atoms with van der Waals surface area (Å²) in [5.74, 6) is 1.32. The molecule has 1 aliphatic rings. The third kappa shape index (κ3) is 6.01. The maximum atomic E-state index is 13.9. The molecule has 0 saturated heterocycles. The third-order valence-electron chi connectivity index (χ3n) is 6.74. The topological polar surface area (TPSA) is 88.4 Å². The maximum absolute atomic E-state index is 13.9. The molecule has 0 unspecified atom stereocenters. The molecule has 9 heteroatoms. The number of methoxy groups -OCH3 is 2. The lowest BCUT2D eigenvalue weighted by atomic mass is 9.96. The van der Waals surface area contributed by atoms with Gasteiger partial charge in [-0.1, -0.05) is 59.9 Å². The van der Waals surface area contributed by atoms with Crippen molar-refractivity contribution < 1.29 is 23.7 Å². The van der Waals surface area contributed by atoms with E-state index in [1.807, 2.05) is 60.7 Å². The van der Waals surface area contributed by atoms with Crippen LogP contribution in [0.1, 0.15) is 43.5 Å². The molecule has 1 aliphatic heterocycles. The second-order valence-electron chi connectivity index (χ2n) is 9.99.